The number of carbonyl (C=O) groups is 2. The zero-order chi connectivity index (χ0) is 11.8. The molecule has 6 heteroatoms. The maximum Gasteiger partial charge on any atom is 0.332 e. The number of likely N-dealkylation sites (tertiary alicyclic amines) is 1. The molecule has 0 aromatic heterocycles. The van der Waals surface area contributed by atoms with E-state index in [4.69, 9.17) is 5.73 Å². The lowest BCUT2D eigenvalue weighted by atomic mass is 10.1. The van der Waals surface area contributed by atoms with Crippen molar-refractivity contribution < 1.29 is 9.59 Å². The lowest BCUT2D eigenvalue weighted by molar-refractivity contribution is -0.108. The average Bonchev–Trinajstić information content (AvgIpc) is 2.27. The third-order valence-corrected chi connectivity index (χ3v) is 2.21. The molecule has 0 bridgehead atoms. The first-order valence-electron chi connectivity index (χ1n) is 5.23. The summed E-state index contributed by atoms with van der Waals surface area (Å²) in [5, 5.41) is 3.37. The van der Waals surface area contributed by atoms with E-state index >= 15 is 0 Å². The number of primary amides is 1. The number of hydrazone groups is 1. The number of amides is 2. The quantitative estimate of drug-likeness (QED) is 0.406. The maximum absolute atomic E-state index is 11.2. The van der Waals surface area contributed by atoms with Crippen molar-refractivity contribution >= 4 is 18.0 Å². The van der Waals surface area contributed by atoms with Gasteiger partial charge in [-0.05, 0) is 19.3 Å². The minimum Gasteiger partial charge on any atom is -0.377 e. The van der Waals surface area contributed by atoms with E-state index < -0.39 is 6.03 Å². The van der Waals surface area contributed by atoms with Crippen LogP contribution in [0.2, 0.25) is 0 Å². The Morgan fingerprint density at radius 2 is 1.94 bits per heavy atom. The molecule has 1 saturated heterocycles. The summed E-state index contributed by atoms with van der Waals surface area (Å²) in [6.45, 7) is 1.97. The highest BCUT2D eigenvalue weighted by molar-refractivity contribution is 6.32. The molecule has 0 spiro atoms. The average molecular weight is 224 g/mol. The monoisotopic (exact) mass is 224 g/mol. The van der Waals surface area contributed by atoms with Gasteiger partial charge >= 0.3 is 6.03 Å². The highest BCUT2D eigenvalue weighted by Crippen LogP contribution is 2.08. The predicted octanol–water partition coefficient (Wildman–Crippen LogP) is 0.209. The van der Waals surface area contributed by atoms with Crippen molar-refractivity contribution in [2.45, 2.75) is 19.3 Å². The van der Waals surface area contributed by atoms with Crippen LogP contribution in [0.4, 0.5) is 4.79 Å². The van der Waals surface area contributed by atoms with Crippen LogP contribution in [0.15, 0.2) is 17.4 Å². The van der Waals surface area contributed by atoms with Crippen LogP contribution in [-0.4, -0.2) is 36.0 Å². The molecule has 3 N–H and O–H groups in total. The van der Waals surface area contributed by atoms with Crippen molar-refractivity contribution in [2.24, 2.45) is 10.8 Å². The molecular weight excluding hydrogens is 208 g/mol. The molecule has 88 valence electrons. The van der Waals surface area contributed by atoms with Gasteiger partial charge in [-0.15, -0.1) is 0 Å². The smallest absolute Gasteiger partial charge is 0.332 e. The summed E-state index contributed by atoms with van der Waals surface area (Å²) >= 11 is 0. The first kappa shape index (κ1) is 12.2. The molecule has 1 fully saturated rings. The molecular formula is C10H16N4O2. The molecule has 1 aliphatic heterocycles. The Balaban J connectivity index is 2.29. The molecule has 2 amide bonds. The Bertz CT molecular complexity index is 306. The Morgan fingerprint density at radius 3 is 2.56 bits per heavy atom. The van der Waals surface area contributed by atoms with E-state index in [0.29, 0.717) is 0 Å². The highest BCUT2D eigenvalue weighted by Gasteiger charge is 2.05. The molecule has 0 unspecified atom stereocenters. The number of nitrogens with two attached hydrogens (primary N) is 1. The fourth-order valence-corrected chi connectivity index (χ4v) is 1.45. The number of carbonyl (C=O) groups excluding carboxylic acids is 2. The Hall–Kier alpha value is -1.85. The van der Waals surface area contributed by atoms with Gasteiger partial charge in [-0.25, -0.2) is 10.2 Å². The van der Waals surface area contributed by atoms with Crippen LogP contribution in [-0.2, 0) is 4.79 Å². The number of ketones is 1. The summed E-state index contributed by atoms with van der Waals surface area (Å²) in [5.74, 6) is -0.278. The Morgan fingerprint density at radius 1 is 1.25 bits per heavy atom. The molecule has 0 atom stereocenters. The van der Waals surface area contributed by atoms with Gasteiger partial charge in [0.2, 0.25) is 0 Å². The van der Waals surface area contributed by atoms with Crippen LogP contribution >= 0.6 is 0 Å². The van der Waals surface area contributed by atoms with Crippen molar-refractivity contribution in [2.75, 3.05) is 13.1 Å². The van der Waals surface area contributed by atoms with E-state index in [9.17, 15) is 9.59 Å². The van der Waals surface area contributed by atoms with Crippen molar-refractivity contribution in [1.82, 2.24) is 10.3 Å². The van der Waals surface area contributed by atoms with E-state index in [-0.39, 0.29) is 5.78 Å². The topological polar surface area (TPSA) is 87.8 Å². The summed E-state index contributed by atoms with van der Waals surface area (Å²) < 4.78 is 0. The second-order valence-electron chi connectivity index (χ2n) is 3.55. The molecule has 6 nitrogen and oxygen atoms in total. The van der Waals surface area contributed by atoms with E-state index in [1.807, 2.05) is 5.43 Å². The number of allylic oxidation sites excluding steroid dienone is 1. The standard InChI is InChI=1S/C10H16N4O2/c11-10(16)13-12-8-9(15)4-7-14-5-2-1-3-6-14/h4,7-8H,1-3,5-6H2,(H3,11,13,16)/b7-4+,12-8+. The third-order valence-electron chi connectivity index (χ3n) is 2.21. The SMILES string of the molecule is NC(=O)N/N=C/C(=O)/C=C/N1CCCCC1. The van der Waals surface area contributed by atoms with Gasteiger partial charge in [-0.1, -0.05) is 0 Å². The number of rotatable bonds is 4. The molecule has 16 heavy (non-hydrogen) atoms. The second kappa shape index (κ2) is 6.60. The van der Waals surface area contributed by atoms with Gasteiger partial charge in [0, 0.05) is 25.4 Å². The van der Waals surface area contributed by atoms with E-state index in [1.54, 1.807) is 6.20 Å². The Labute approximate surface area is 94.2 Å². The van der Waals surface area contributed by atoms with Gasteiger partial charge in [0.25, 0.3) is 0 Å². The first-order chi connectivity index (χ1) is 7.68. The van der Waals surface area contributed by atoms with E-state index in [2.05, 4.69) is 10.0 Å². The molecule has 1 aliphatic rings. The summed E-state index contributed by atoms with van der Waals surface area (Å²) in [6.07, 6.45) is 7.79. The second-order valence-corrected chi connectivity index (χ2v) is 3.55. The zero-order valence-corrected chi connectivity index (χ0v) is 9.06. The summed E-state index contributed by atoms with van der Waals surface area (Å²) in [5.41, 5.74) is 6.72. The number of piperidine rings is 1. The molecule has 0 aromatic rings. The van der Waals surface area contributed by atoms with Crippen molar-refractivity contribution in [3.63, 3.8) is 0 Å². The van der Waals surface area contributed by atoms with Crippen LogP contribution in [0.5, 0.6) is 0 Å². The Kier molecular flexibility index (Phi) is 5.04. The van der Waals surface area contributed by atoms with Crippen LogP contribution in [0.25, 0.3) is 0 Å². The third kappa shape index (κ3) is 5.14. The van der Waals surface area contributed by atoms with Crippen molar-refractivity contribution in [3.05, 3.63) is 12.3 Å². The molecule has 0 radical (unpaired) electrons. The predicted molar refractivity (Wildman–Crippen MR) is 60.8 cm³/mol. The minimum atomic E-state index is -0.788. The highest BCUT2D eigenvalue weighted by atomic mass is 16.2. The van der Waals surface area contributed by atoms with Crippen molar-refractivity contribution in [3.8, 4) is 0 Å². The molecule has 0 saturated carbocycles. The van der Waals surface area contributed by atoms with Crippen LogP contribution < -0.4 is 11.2 Å². The van der Waals surface area contributed by atoms with Crippen LogP contribution in [0.1, 0.15) is 19.3 Å². The number of nitrogens with zero attached hydrogens (tertiary/aromatic N) is 2. The molecule has 1 rings (SSSR count). The number of nitrogens with one attached hydrogen (secondary N) is 1. The fourth-order valence-electron chi connectivity index (χ4n) is 1.45. The lowest BCUT2D eigenvalue weighted by Crippen LogP contribution is -2.25. The van der Waals surface area contributed by atoms with Crippen LogP contribution in [0, 0.1) is 0 Å². The zero-order valence-electron chi connectivity index (χ0n) is 9.06. The number of urea groups is 1. The lowest BCUT2D eigenvalue weighted by Gasteiger charge is -2.24. The van der Waals surface area contributed by atoms with Gasteiger partial charge < -0.3 is 10.6 Å². The van der Waals surface area contributed by atoms with E-state index in [1.165, 1.54) is 12.5 Å². The van der Waals surface area contributed by atoms with Gasteiger partial charge in [0.1, 0.15) is 0 Å². The number of hydrogen-bond acceptors (Lipinski definition) is 4. The maximum atomic E-state index is 11.2. The summed E-state index contributed by atoms with van der Waals surface area (Å²) in [6, 6.07) is -0.788. The normalized spacial score (nSPS) is 16.9. The first-order valence-corrected chi connectivity index (χ1v) is 5.23. The largest absolute Gasteiger partial charge is 0.377 e. The minimum absolute atomic E-state index is 0.278. The molecule has 1 heterocycles. The number of hydrogen-bond donors (Lipinski definition) is 2. The van der Waals surface area contributed by atoms with Gasteiger partial charge in [-0.2, -0.15) is 5.10 Å². The fraction of sp³-hybridized carbons (Fsp3) is 0.500. The van der Waals surface area contributed by atoms with Crippen molar-refractivity contribution in [1.29, 1.82) is 0 Å². The van der Waals surface area contributed by atoms with Gasteiger partial charge in [-0.3, -0.25) is 4.79 Å². The summed E-state index contributed by atoms with van der Waals surface area (Å²) in [7, 11) is 0. The van der Waals surface area contributed by atoms with Gasteiger partial charge in [0.15, 0.2) is 5.78 Å². The molecule has 0 aliphatic carbocycles. The van der Waals surface area contributed by atoms with Gasteiger partial charge in [0.05, 0.1) is 6.21 Å². The molecule has 0 aromatic carbocycles. The van der Waals surface area contributed by atoms with Crippen LogP contribution in [0.3, 0.4) is 0 Å². The summed E-state index contributed by atoms with van der Waals surface area (Å²) in [4.78, 5) is 23.6. The van der Waals surface area contributed by atoms with E-state index in [0.717, 1.165) is 32.1 Å².